The van der Waals surface area contributed by atoms with E-state index in [1.54, 1.807) is 15.6 Å². The lowest BCUT2D eigenvalue weighted by Crippen LogP contribution is -2.30. The van der Waals surface area contributed by atoms with Crippen LogP contribution in [0.1, 0.15) is 37.3 Å². The van der Waals surface area contributed by atoms with Crippen LogP contribution in [-0.4, -0.2) is 49.3 Å². The monoisotopic (exact) mass is 447 g/mol. The van der Waals surface area contributed by atoms with E-state index in [9.17, 15) is 4.79 Å². The summed E-state index contributed by atoms with van der Waals surface area (Å²) in [7, 11) is 0. The van der Waals surface area contributed by atoms with Crippen LogP contribution in [0.3, 0.4) is 0 Å². The molecule has 5 N–H and O–H groups in total. The number of nitrogen functional groups attached to an aromatic ring is 1. The Kier molecular flexibility index (Phi) is 6.25. The molecule has 172 valence electrons. The molecule has 3 heterocycles. The average Bonchev–Trinajstić information content (AvgIpc) is 3.45. The molecule has 3 aromatic rings. The van der Waals surface area contributed by atoms with Gasteiger partial charge in [-0.05, 0) is 36.1 Å². The maximum absolute atomic E-state index is 11.8. The maximum Gasteiger partial charge on any atom is 0.245 e. The van der Waals surface area contributed by atoms with E-state index >= 15 is 0 Å². The van der Waals surface area contributed by atoms with Gasteiger partial charge in [0.15, 0.2) is 5.65 Å². The number of hydrogen-bond acceptors (Lipinski definition) is 7. The number of amidine groups is 1. The van der Waals surface area contributed by atoms with Gasteiger partial charge in [0.05, 0.1) is 11.9 Å². The Morgan fingerprint density at radius 3 is 2.97 bits per heavy atom. The van der Waals surface area contributed by atoms with E-state index in [1.165, 1.54) is 6.08 Å². The molecule has 0 saturated carbocycles. The standard InChI is InChI=1S/C23H29N9O/c1-4-19(33)31-9-8-16(13-31)20(24)28-17-7-5-6-15(10-17)11-26-23-30-22(25)29-21-18(14(2)3)12-27-32(21)23/h4-7,10,12,14,16H,1,8-9,11,13H2,2-3H3,(H2,24,28)(H3,25,26,29,30). The highest BCUT2D eigenvalue weighted by atomic mass is 16.2. The molecule has 33 heavy (non-hydrogen) atoms. The fourth-order valence-electron chi connectivity index (χ4n) is 3.92. The molecular weight excluding hydrogens is 418 g/mol. The Balaban J connectivity index is 1.48. The normalized spacial score (nSPS) is 16.5. The number of rotatable bonds is 7. The van der Waals surface area contributed by atoms with Crippen molar-refractivity contribution in [2.24, 2.45) is 16.6 Å². The second-order valence-corrected chi connectivity index (χ2v) is 8.43. The highest BCUT2D eigenvalue weighted by Gasteiger charge is 2.27. The molecule has 1 saturated heterocycles. The summed E-state index contributed by atoms with van der Waals surface area (Å²) in [5.74, 6) is 1.49. The van der Waals surface area contributed by atoms with Crippen molar-refractivity contribution < 1.29 is 4.79 Å². The van der Waals surface area contributed by atoms with E-state index in [2.05, 4.69) is 45.8 Å². The molecule has 1 aliphatic heterocycles. The SMILES string of the molecule is C=CC(=O)N1CCC(C(N)=Nc2cccc(CNc3nc(N)nc4c(C(C)C)cnn34)c2)C1. The van der Waals surface area contributed by atoms with Crippen molar-refractivity contribution in [2.75, 3.05) is 24.1 Å². The van der Waals surface area contributed by atoms with Gasteiger partial charge in [0.25, 0.3) is 0 Å². The zero-order chi connectivity index (χ0) is 23.5. The first-order valence-electron chi connectivity index (χ1n) is 10.9. The molecule has 0 radical (unpaired) electrons. The first-order chi connectivity index (χ1) is 15.9. The summed E-state index contributed by atoms with van der Waals surface area (Å²) >= 11 is 0. The van der Waals surface area contributed by atoms with Crippen LogP contribution in [-0.2, 0) is 11.3 Å². The molecular formula is C23H29N9O. The highest BCUT2D eigenvalue weighted by molar-refractivity contribution is 5.90. The predicted molar refractivity (Wildman–Crippen MR) is 129 cm³/mol. The molecule has 0 aliphatic carbocycles. The molecule has 0 bridgehead atoms. The number of fused-ring (bicyclic) bond motifs is 1. The number of carbonyl (C=O) groups is 1. The van der Waals surface area contributed by atoms with E-state index < -0.39 is 0 Å². The molecule has 1 fully saturated rings. The third-order valence-corrected chi connectivity index (χ3v) is 5.75. The van der Waals surface area contributed by atoms with Gasteiger partial charge >= 0.3 is 0 Å². The fourth-order valence-corrected chi connectivity index (χ4v) is 3.92. The predicted octanol–water partition coefficient (Wildman–Crippen LogP) is 2.47. The van der Waals surface area contributed by atoms with Gasteiger partial charge in [0, 0.05) is 31.1 Å². The molecule has 4 rings (SSSR count). The Morgan fingerprint density at radius 1 is 1.39 bits per heavy atom. The zero-order valence-electron chi connectivity index (χ0n) is 18.9. The van der Waals surface area contributed by atoms with Gasteiger partial charge in [-0.2, -0.15) is 19.6 Å². The molecule has 1 atom stereocenters. The third kappa shape index (κ3) is 4.79. The Bertz CT molecular complexity index is 1210. The second kappa shape index (κ2) is 9.27. The lowest BCUT2D eigenvalue weighted by atomic mass is 10.1. The molecule has 10 heteroatoms. The van der Waals surface area contributed by atoms with Crippen LogP contribution in [0, 0.1) is 5.92 Å². The van der Waals surface area contributed by atoms with Crippen molar-refractivity contribution in [3.8, 4) is 0 Å². The summed E-state index contributed by atoms with van der Waals surface area (Å²) in [6.45, 7) is 9.44. The Hall–Kier alpha value is -3.95. The summed E-state index contributed by atoms with van der Waals surface area (Å²) in [6, 6.07) is 7.79. The van der Waals surface area contributed by atoms with Crippen LogP contribution >= 0.6 is 0 Å². The molecule has 1 aromatic carbocycles. The lowest BCUT2D eigenvalue weighted by Gasteiger charge is -2.14. The van der Waals surface area contributed by atoms with Gasteiger partial charge in [-0.15, -0.1) is 0 Å². The van der Waals surface area contributed by atoms with Gasteiger partial charge in [0.1, 0.15) is 5.84 Å². The lowest BCUT2D eigenvalue weighted by molar-refractivity contribution is -0.125. The minimum absolute atomic E-state index is 0.0444. The van der Waals surface area contributed by atoms with Crippen molar-refractivity contribution in [3.05, 3.63) is 54.2 Å². The number of amides is 1. The number of aliphatic imine (C=N–C) groups is 1. The number of hydrogen-bond donors (Lipinski definition) is 3. The van der Waals surface area contributed by atoms with Crippen molar-refractivity contribution in [1.29, 1.82) is 0 Å². The molecule has 10 nitrogen and oxygen atoms in total. The van der Waals surface area contributed by atoms with Crippen molar-refractivity contribution in [1.82, 2.24) is 24.5 Å². The number of anilines is 2. The number of nitrogens with one attached hydrogen (secondary N) is 1. The molecule has 1 unspecified atom stereocenters. The molecule has 1 aliphatic rings. The number of aromatic nitrogens is 4. The van der Waals surface area contributed by atoms with Gasteiger partial charge < -0.3 is 21.7 Å². The average molecular weight is 448 g/mol. The van der Waals surface area contributed by atoms with E-state index in [1.807, 2.05) is 24.3 Å². The van der Waals surface area contributed by atoms with E-state index in [0.29, 0.717) is 37.1 Å². The van der Waals surface area contributed by atoms with E-state index in [4.69, 9.17) is 11.5 Å². The summed E-state index contributed by atoms with van der Waals surface area (Å²) < 4.78 is 1.67. The van der Waals surface area contributed by atoms with Crippen LogP contribution in [0.15, 0.2) is 48.1 Å². The zero-order valence-corrected chi connectivity index (χ0v) is 18.9. The van der Waals surface area contributed by atoms with Gasteiger partial charge in [-0.1, -0.05) is 32.6 Å². The summed E-state index contributed by atoms with van der Waals surface area (Å²) in [6.07, 6.45) is 3.92. The van der Waals surface area contributed by atoms with Gasteiger partial charge in [-0.25, -0.2) is 4.99 Å². The van der Waals surface area contributed by atoms with Crippen LogP contribution in [0.5, 0.6) is 0 Å². The summed E-state index contributed by atoms with van der Waals surface area (Å²) in [5.41, 5.74) is 15.7. The third-order valence-electron chi connectivity index (χ3n) is 5.75. The Labute approximate surface area is 192 Å². The molecule has 2 aromatic heterocycles. The summed E-state index contributed by atoms with van der Waals surface area (Å²) in [5, 5.41) is 7.71. The Morgan fingerprint density at radius 2 is 2.21 bits per heavy atom. The largest absolute Gasteiger partial charge is 0.387 e. The van der Waals surface area contributed by atoms with E-state index in [-0.39, 0.29) is 23.7 Å². The molecule has 1 amide bonds. The van der Waals surface area contributed by atoms with Gasteiger partial charge in [0.2, 0.25) is 17.8 Å². The number of nitrogens with two attached hydrogens (primary N) is 2. The van der Waals surface area contributed by atoms with Crippen molar-refractivity contribution in [3.63, 3.8) is 0 Å². The van der Waals surface area contributed by atoms with Crippen LogP contribution in [0.25, 0.3) is 5.65 Å². The summed E-state index contributed by atoms with van der Waals surface area (Å²) in [4.78, 5) is 26.8. The van der Waals surface area contributed by atoms with E-state index in [0.717, 1.165) is 23.2 Å². The minimum Gasteiger partial charge on any atom is -0.387 e. The minimum atomic E-state index is -0.0736. The number of benzene rings is 1. The fraction of sp³-hybridized carbons (Fsp3) is 0.348. The van der Waals surface area contributed by atoms with Gasteiger partial charge in [-0.3, -0.25) is 4.79 Å². The van der Waals surface area contributed by atoms with Crippen molar-refractivity contribution >= 4 is 35.0 Å². The number of nitrogens with zero attached hydrogens (tertiary/aromatic N) is 6. The van der Waals surface area contributed by atoms with Crippen molar-refractivity contribution in [2.45, 2.75) is 32.7 Å². The second-order valence-electron chi connectivity index (χ2n) is 8.43. The van der Waals surface area contributed by atoms with Crippen LogP contribution in [0.2, 0.25) is 0 Å². The first-order valence-corrected chi connectivity index (χ1v) is 10.9. The smallest absolute Gasteiger partial charge is 0.245 e. The molecule has 0 spiro atoms. The van der Waals surface area contributed by atoms with Crippen LogP contribution < -0.4 is 16.8 Å². The maximum atomic E-state index is 11.8. The quantitative estimate of drug-likeness (QED) is 0.287. The first kappa shape index (κ1) is 22.3. The topological polar surface area (TPSA) is 140 Å². The van der Waals surface area contributed by atoms with Crippen LogP contribution in [0.4, 0.5) is 17.6 Å². The number of carbonyl (C=O) groups excluding carboxylic acids is 1. The number of likely N-dealkylation sites (tertiary alicyclic amines) is 1. The highest BCUT2D eigenvalue weighted by Crippen LogP contribution is 2.23.